The van der Waals surface area contributed by atoms with Crippen LogP contribution in [0.4, 0.5) is 5.69 Å². The number of nitrogens with zero attached hydrogens (tertiary/aromatic N) is 3. The van der Waals surface area contributed by atoms with Crippen molar-refractivity contribution < 1.29 is 5.11 Å². The molecule has 1 aliphatic heterocycles. The van der Waals surface area contributed by atoms with Gasteiger partial charge in [-0.05, 0) is 36.4 Å². The Morgan fingerprint density at radius 1 is 0.950 bits per heavy atom. The number of rotatable bonds is 3. The van der Waals surface area contributed by atoms with Gasteiger partial charge in [0.15, 0.2) is 0 Å². The Morgan fingerprint density at radius 2 is 1.70 bits per heavy atom. The van der Waals surface area contributed by atoms with Gasteiger partial charge in [0.2, 0.25) is 0 Å². The number of phenols is 1. The number of piperazine rings is 1. The van der Waals surface area contributed by atoms with Crippen molar-refractivity contribution in [2.45, 2.75) is 6.54 Å². The topological polar surface area (TPSA) is 39.6 Å². The summed E-state index contributed by atoms with van der Waals surface area (Å²) in [6.45, 7) is 5.02. The molecule has 1 aliphatic rings. The molecule has 0 saturated carbocycles. The van der Waals surface area contributed by atoms with Crippen LogP contribution in [0.15, 0.2) is 48.7 Å². The first-order valence-electron chi connectivity index (χ1n) is 6.97. The first kappa shape index (κ1) is 12.9. The van der Waals surface area contributed by atoms with Crippen LogP contribution in [0.25, 0.3) is 0 Å². The van der Waals surface area contributed by atoms with E-state index in [2.05, 4.69) is 20.9 Å². The van der Waals surface area contributed by atoms with Crippen LogP contribution < -0.4 is 4.90 Å². The Labute approximate surface area is 119 Å². The van der Waals surface area contributed by atoms with E-state index in [4.69, 9.17) is 0 Å². The number of hydrogen-bond acceptors (Lipinski definition) is 4. The minimum atomic E-state index is 0.322. The van der Waals surface area contributed by atoms with Crippen molar-refractivity contribution in [3.63, 3.8) is 0 Å². The van der Waals surface area contributed by atoms with Crippen molar-refractivity contribution in [1.29, 1.82) is 0 Å². The van der Waals surface area contributed by atoms with Gasteiger partial charge in [-0.15, -0.1) is 0 Å². The molecule has 0 atom stereocenters. The fraction of sp³-hybridized carbons (Fsp3) is 0.312. The highest BCUT2D eigenvalue weighted by Gasteiger charge is 2.17. The molecule has 2 heterocycles. The summed E-state index contributed by atoms with van der Waals surface area (Å²) in [5.74, 6) is 0.322. The second kappa shape index (κ2) is 5.92. The SMILES string of the molecule is Oc1ccc(N2CCN(Cc3ccccn3)CC2)cc1. The molecule has 1 N–H and O–H groups in total. The molecular formula is C16H19N3O. The Bertz CT molecular complexity index is 533. The number of phenolic OH excluding ortho intramolecular Hbond substituents is 1. The third-order valence-corrected chi connectivity index (χ3v) is 3.70. The monoisotopic (exact) mass is 269 g/mol. The molecule has 0 radical (unpaired) electrons. The van der Waals surface area contributed by atoms with Gasteiger partial charge in [-0.3, -0.25) is 9.88 Å². The highest BCUT2D eigenvalue weighted by atomic mass is 16.3. The standard InChI is InChI=1S/C16H19N3O/c20-16-6-4-15(5-7-16)19-11-9-18(10-12-19)13-14-3-1-2-8-17-14/h1-8,20H,9-13H2. The molecule has 104 valence electrons. The quantitative estimate of drug-likeness (QED) is 0.926. The number of benzene rings is 1. The maximum atomic E-state index is 9.33. The van der Waals surface area contributed by atoms with E-state index in [9.17, 15) is 5.11 Å². The van der Waals surface area contributed by atoms with Crippen molar-refractivity contribution in [2.75, 3.05) is 31.1 Å². The van der Waals surface area contributed by atoms with E-state index in [-0.39, 0.29) is 0 Å². The maximum Gasteiger partial charge on any atom is 0.115 e. The van der Waals surface area contributed by atoms with Gasteiger partial charge in [0, 0.05) is 44.6 Å². The lowest BCUT2D eigenvalue weighted by Gasteiger charge is -2.35. The Balaban J connectivity index is 1.55. The first-order valence-corrected chi connectivity index (χ1v) is 6.97. The number of anilines is 1. The van der Waals surface area contributed by atoms with E-state index in [0.717, 1.165) is 38.4 Å². The van der Waals surface area contributed by atoms with Crippen molar-refractivity contribution in [3.8, 4) is 5.75 Å². The molecule has 1 fully saturated rings. The van der Waals surface area contributed by atoms with Crippen molar-refractivity contribution >= 4 is 5.69 Å². The molecule has 4 nitrogen and oxygen atoms in total. The van der Waals surface area contributed by atoms with E-state index < -0.39 is 0 Å². The summed E-state index contributed by atoms with van der Waals surface area (Å²) in [5.41, 5.74) is 2.31. The fourth-order valence-electron chi connectivity index (χ4n) is 2.55. The van der Waals surface area contributed by atoms with Gasteiger partial charge in [-0.2, -0.15) is 0 Å². The van der Waals surface area contributed by atoms with Crippen LogP contribution in [0.2, 0.25) is 0 Å². The smallest absolute Gasteiger partial charge is 0.115 e. The molecule has 0 bridgehead atoms. The van der Waals surface area contributed by atoms with Gasteiger partial charge in [0.25, 0.3) is 0 Å². The highest BCUT2D eigenvalue weighted by Crippen LogP contribution is 2.20. The zero-order chi connectivity index (χ0) is 13.8. The van der Waals surface area contributed by atoms with Crippen LogP contribution >= 0.6 is 0 Å². The van der Waals surface area contributed by atoms with Crippen molar-refractivity contribution in [3.05, 3.63) is 54.4 Å². The van der Waals surface area contributed by atoms with E-state index >= 15 is 0 Å². The maximum absolute atomic E-state index is 9.33. The minimum absolute atomic E-state index is 0.322. The molecule has 20 heavy (non-hydrogen) atoms. The molecule has 3 rings (SSSR count). The van der Waals surface area contributed by atoms with Crippen LogP contribution in [-0.4, -0.2) is 41.2 Å². The highest BCUT2D eigenvalue weighted by molar-refractivity contribution is 5.49. The van der Waals surface area contributed by atoms with Gasteiger partial charge in [0.1, 0.15) is 5.75 Å². The van der Waals surface area contributed by atoms with Gasteiger partial charge in [-0.25, -0.2) is 0 Å². The minimum Gasteiger partial charge on any atom is -0.508 e. The fourth-order valence-corrected chi connectivity index (χ4v) is 2.55. The van der Waals surface area contributed by atoms with Crippen LogP contribution in [0.1, 0.15) is 5.69 Å². The normalized spacial score (nSPS) is 16.3. The zero-order valence-electron chi connectivity index (χ0n) is 11.4. The number of hydrogen-bond donors (Lipinski definition) is 1. The summed E-state index contributed by atoms with van der Waals surface area (Å²) in [6.07, 6.45) is 1.85. The van der Waals surface area contributed by atoms with Crippen molar-refractivity contribution in [1.82, 2.24) is 9.88 Å². The molecule has 0 aliphatic carbocycles. The van der Waals surface area contributed by atoms with Gasteiger partial charge in [0.05, 0.1) is 5.69 Å². The summed E-state index contributed by atoms with van der Waals surface area (Å²) in [6, 6.07) is 13.5. The lowest BCUT2D eigenvalue weighted by atomic mass is 10.2. The second-order valence-electron chi connectivity index (χ2n) is 5.10. The van der Waals surface area contributed by atoms with Gasteiger partial charge >= 0.3 is 0 Å². The van der Waals surface area contributed by atoms with E-state index in [1.807, 2.05) is 30.5 Å². The summed E-state index contributed by atoms with van der Waals surface area (Å²) in [5, 5.41) is 9.33. The van der Waals surface area contributed by atoms with Crippen LogP contribution in [0.5, 0.6) is 5.75 Å². The predicted molar refractivity (Wildman–Crippen MR) is 79.8 cm³/mol. The van der Waals surface area contributed by atoms with Gasteiger partial charge < -0.3 is 10.0 Å². The predicted octanol–water partition coefficient (Wildman–Crippen LogP) is 2.11. The summed E-state index contributed by atoms with van der Waals surface area (Å²) >= 11 is 0. The largest absolute Gasteiger partial charge is 0.508 e. The van der Waals surface area contributed by atoms with Crippen LogP contribution in [-0.2, 0) is 6.54 Å². The third kappa shape index (κ3) is 3.08. The van der Waals surface area contributed by atoms with E-state index in [0.29, 0.717) is 5.75 Å². The number of aromatic nitrogens is 1. The second-order valence-corrected chi connectivity index (χ2v) is 5.10. The van der Waals surface area contributed by atoms with E-state index in [1.165, 1.54) is 5.69 Å². The summed E-state index contributed by atoms with van der Waals surface area (Å²) < 4.78 is 0. The number of aromatic hydroxyl groups is 1. The Kier molecular flexibility index (Phi) is 3.83. The average molecular weight is 269 g/mol. The van der Waals surface area contributed by atoms with Crippen molar-refractivity contribution in [2.24, 2.45) is 0 Å². The molecule has 0 amide bonds. The molecule has 0 unspecified atom stereocenters. The molecule has 1 saturated heterocycles. The molecule has 1 aromatic heterocycles. The molecule has 0 spiro atoms. The first-order chi connectivity index (χ1) is 9.81. The molecule has 1 aromatic carbocycles. The lowest BCUT2D eigenvalue weighted by Crippen LogP contribution is -2.46. The van der Waals surface area contributed by atoms with E-state index in [1.54, 1.807) is 12.1 Å². The average Bonchev–Trinajstić information content (AvgIpc) is 2.50. The summed E-state index contributed by atoms with van der Waals surface area (Å²) in [4.78, 5) is 9.16. The third-order valence-electron chi connectivity index (χ3n) is 3.70. The lowest BCUT2D eigenvalue weighted by molar-refractivity contribution is 0.247. The van der Waals surface area contributed by atoms with Crippen LogP contribution in [0, 0.1) is 0 Å². The van der Waals surface area contributed by atoms with Crippen LogP contribution in [0.3, 0.4) is 0 Å². The molecule has 2 aromatic rings. The molecule has 4 heteroatoms. The Morgan fingerprint density at radius 3 is 2.35 bits per heavy atom. The molecular weight excluding hydrogens is 250 g/mol. The Hall–Kier alpha value is -2.07. The van der Waals surface area contributed by atoms with Gasteiger partial charge in [-0.1, -0.05) is 6.07 Å². The zero-order valence-corrected chi connectivity index (χ0v) is 11.4. The number of pyridine rings is 1. The summed E-state index contributed by atoms with van der Waals surface area (Å²) in [7, 11) is 0.